The zero-order chi connectivity index (χ0) is 23.8. The van der Waals surface area contributed by atoms with E-state index in [1.807, 2.05) is 0 Å². The lowest BCUT2D eigenvalue weighted by atomic mass is 10.1. The summed E-state index contributed by atoms with van der Waals surface area (Å²) in [7, 11) is 0. The molecule has 9 nitrogen and oxygen atoms in total. The summed E-state index contributed by atoms with van der Waals surface area (Å²) in [6, 6.07) is 9.95. The summed E-state index contributed by atoms with van der Waals surface area (Å²) in [5.41, 5.74) is 5.97. The Kier molecular flexibility index (Phi) is 5.87. The van der Waals surface area contributed by atoms with E-state index >= 15 is 0 Å². The van der Waals surface area contributed by atoms with Crippen molar-refractivity contribution in [1.29, 1.82) is 0 Å². The Morgan fingerprint density at radius 3 is 2.82 bits per heavy atom. The van der Waals surface area contributed by atoms with Gasteiger partial charge in [-0.25, -0.2) is 0 Å². The highest BCUT2D eigenvalue weighted by molar-refractivity contribution is 6.05. The zero-order valence-corrected chi connectivity index (χ0v) is 16.9. The predicted molar refractivity (Wildman–Crippen MR) is 113 cm³/mol. The number of ether oxygens (including phenoxy) is 2. The van der Waals surface area contributed by atoms with E-state index in [4.69, 9.17) is 10.5 Å². The summed E-state index contributed by atoms with van der Waals surface area (Å²) in [4.78, 5) is 29.3. The SMILES string of the molecule is Nc1[nH]cc2cc(NC(=O)[C@H](O)[C@H]3OCCN(c4ccccc4OC(F)(F)F)C3=O)ccc12. The molecule has 1 fully saturated rings. The van der Waals surface area contributed by atoms with Gasteiger partial charge in [0.05, 0.1) is 12.3 Å². The summed E-state index contributed by atoms with van der Waals surface area (Å²) in [5, 5.41) is 14.4. The van der Waals surface area contributed by atoms with Crippen LogP contribution in [0.3, 0.4) is 0 Å². The van der Waals surface area contributed by atoms with E-state index in [1.54, 1.807) is 24.4 Å². The number of alkyl halides is 3. The smallest absolute Gasteiger partial charge is 0.404 e. The predicted octanol–water partition coefficient (Wildman–Crippen LogP) is 2.38. The molecule has 0 radical (unpaired) electrons. The third-order valence-corrected chi connectivity index (χ3v) is 5.05. The highest BCUT2D eigenvalue weighted by Crippen LogP contribution is 2.34. The molecule has 2 amide bonds. The minimum absolute atomic E-state index is 0.0898. The number of carbonyl (C=O) groups is 2. The fourth-order valence-corrected chi connectivity index (χ4v) is 3.55. The molecule has 0 unspecified atom stereocenters. The van der Waals surface area contributed by atoms with Crippen molar-refractivity contribution in [3.05, 3.63) is 48.7 Å². The fourth-order valence-electron chi connectivity index (χ4n) is 3.55. The average molecular weight is 464 g/mol. The summed E-state index contributed by atoms with van der Waals surface area (Å²) in [6.45, 7) is -0.205. The van der Waals surface area contributed by atoms with Crippen LogP contribution >= 0.6 is 0 Å². The van der Waals surface area contributed by atoms with Gasteiger partial charge >= 0.3 is 6.36 Å². The number of nitrogens with one attached hydrogen (secondary N) is 2. The lowest BCUT2D eigenvalue weighted by molar-refractivity contribution is -0.274. The number of benzene rings is 2. The van der Waals surface area contributed by atoms with Crippen molar-refractivity contribution >= 4 is 39.8 Å². The maximum atomic E-state index is 12.9. The van der Waals surface area contributed by atoms with Gasteiger partial charge in [0.15, 0.2) is 18.0 Å². The van der Waals surface area contributed by atoms with Gasteiger partial charge in [0.1, 0.15) is 5.82 Å². The Hall–Kier alpha value is -3.77. The number of nitrogen functional groups attached to an aromatic ring is 1. The lowest BCUT2D eigenvalue weighted by Gasteiger charge is -2.34. The Bertz CT molecular complexity index is 1200. The molecule has 3 aromatic rings. The van der Waals surface area contributed by atoms with Crippen molar-refractivity contribution in [3.63, 3.8) is 0 Å². The minimum Gasteiger partial charge on any atom is -0.404 e. The summed E-state index contributed by atoms with van der Waals surface area (Å²) in [6.07, 6.45) is -6.86. The van der Waals surface area contributed by atoms with Crippen LogP contribution in [0.4, 0.5) is 30.4 Å². The maximum Gasteiger partial charge on any atom is 0.573 e. The second-order valence-corrected chi connectivity index (χ2v) is 7.24. The number of aromatic amines is 1. The number of aliphatic hydroxyl groups is 1. The number of anilines is 3. The van der Waals surface area contributed by atoms with Crippen LogP contribution in [0.5, 0.6) is 5.75 Å². The van der Waals surface area contributed by atoms with Gasteiger partial charge < -0.3 is 35.5 Å². The van der Waals surface area contributed by atoms with E-state index in [2.05, 4.69) is 15.0 Å². The van der Waals surface area contributed by atoms with Gasteiger partial charge in [0.25, 0.3) is 11.8 Å². The monoisotopic (exact) mass is 464 g/mol. The van der Waals surface area contributed by atoms with Crippen molar-refractivity contribution < 1.29 is 37.3 Å². The molecule has 33 heavy (non-hydrogen) atoms. The summed E-state index contributed by atoms with van der Waals surface area (Å²) < 4.78 is 47.5. The molecule has 0 bridgehead atoms. The minimum atomic E-state index is -4.96. The molecule has 1 saturated heterocycles. The largest absolute Gasteiger partial charge is 0.573 e. The lowest BCUT2D eigenvalue weighted by Crippen LogP contribution is -2.55. The Labute approximate surface area is 184 Å². The van der Waals surface area contributed by atoms with Gasteiger partial charge in [0, 0.05) is 29.2 Å². The van der Waals surface area contributed by atoms with E-state index in [0.717, 1.165) is 21.7 Å². The van der Waals surface area contributed by atoms with Crippen LogP contribution in [0.2, 0.25) is 0 Å². The van der Waals surface area contributed by atoms with Crippen LogP contribution < -0.4 is 20.7 Å². The number of halogens is 3. The number of hydrogen-bond donors (Lipinski definition) is 4. The molecule has 2 heterocycles. The summed E-state index contributed by atoms with van der Waals surface area (Å²) >= 11 is 0. The van der Waals surface area contributed by atoms with E-state index in [0.29, 0.717) is 11.5 Å². The van der Waals surface area contributed by atoms with E-state index in [9.17, 15) is 27.9 Å². The van der Waals surface area contributed by atoms with Crippen LogP contribution in [-0.2, 0) is 14.3 Å². The number of aliphatic hydroxyl groups excluding tert-OH is 1. The van der Waals surface area contributed by atoms with Crippen molar-refractivity contribution in [2.24, 2.45) is 0 Å². The normalized spacial score (nSPS) is 17.8. The molecular formula is C21H19F3N4O5. The third-order valence-electron chi connectivity index (χ3n) is 5.05. The van der Waals surface area contributed by atoms with Crippen LogP contribution in [0, 0.1) is 0 Å². The highest BCUT2D eigenvalue weighted by atomic mass is 19.4. The number of carbonyl (C=O) groups excluding carboxylic acids is 2. The molecule has 1 aliphatic heterocycles. The number of fused-ring (bicyclic) bond motifs is 1. The van der Waals surface area contributed by atoms with Crippen molar-refractivity contribution in [2.45, 2.75) is 18.6 Å². The average Bonchev–Trinajstić information content (AvgIpc) is 3.13. The number of rotatable bonds is 5. The zero-order valence-electron chi connectivity index (χ0n) is 16.9. The Morgan fingerprint density at radius 2 is 2.06 bits per heavy atom. The Balaban J connectivity index is 1.51. The molecule has 174 valence electrons. The molecule has 1 aromatic heterocycles. The molecule has 5 N–H and O–H groups in total. The quantitative estimate of drug-likeness (QED) is 0.459. The molecule has 0 saturated carbocycles. The topological polar surface area (TPSA) is 130 Å². The number of hydrogen-bond acceptors (Lipinski definition) is 6. The third kappa shape index (κ3) is 4.71. The number of H-pyrrole nitrogens is 1. The molecule has 1 aliphatic rings. The number of para-hydroxylation sites is 2. The molecule has 4 rings (SSSR count). The second-order valence-electron chi connectivity index (χ2n) is 7.24. The van der Waals surface area contributed by atoms with E-state index < -0.39 is 36.1 Å². The maximum absolute atomic E-state index is 12.9. The standard InChI is InChI=1S/C21H19F3N4O5/c22-21(23,24)33-15-4-2-1-3-14(15)28-7-8-32-17(20(28)31)16(29)19(30)27-12-5-6-13-11(9-12)10-26-18(13)25/h1-6,9-10,16-17,26,29H,7-8,25H2,(H,27,30)/t16-,17-/m1/s1. The van der Waals surface area contributed by atoms with Crippen molar-refractivity contribution in [1.82, 2.24) is 4.98 Å². The van der Waals surface area contributed by atoms with Gasteiger partial charge in [0.2, 0.25) is 0 Å². The number of nitrogens with zero attached hydrogens (tertiary/aromatic N) is 1. The van der Waals surface area contributed by atoms with E-state index in [-0.39, 0.29) is 18.8 Å². The molecule has 2 aromatic carbocycles. The molecular weight excluding hydrogens is 445 g/mol. The highest BCUT2D eigenvalue weighted by Gasteiger charge is 2.41. The molecule has 2 atom stereocenters. The number of aromatic nitrogens is 1. The van der Waals surface area contributed by atoms with Gasteiger partial charge in [-0.1, -0.05) is 12.1 Å². The van der Waals surface area contributed by atoms with Crippen LogP contribution in [-0.4, -0.2) is 53.6 Å². The Morgan fingerprint density at radius 1 is 1.30 bits per heavy atom. The first-order valence-corrected chi connectivity index (χ1v) is 9.77. The van der Waals surface area contributed by atoms with Crippen LogP contribution in [0.1, 0.15) is 0 Å². The fraction of sp³-hybridized carbons (Fsp3) is 0.238. The van der Waals surface area contributed by atoms with Gasteiger partial charge in [-0.2, -0.15) is 0 Å². The molecule has 0 spiro atoms. The van der Waals surface area contributed by atoms with Gasteiger partial charge in [-0.3, -0.25) is 9.59 Å². The summed E-state index contributed by atoms with van der Waals surface area (Å²) in [5.74, 6) is -1.93. The number of amides is 2. The number of nitrogens with two attached hydrogens (primary N) is 1. The first-order valence-electron chi connectivity index (χ1n) is 9.77. The second kappa shape index (κ2) is 8.64. The van der Waals surface area contributed by atoms with Crippen LogP contribution in [0.15, 0.2) is 48.7 Å². The van der Waals surface area contributed by atoms with Gasteiger partial charge in [-0.15, -0.1) is 13.2 Å². The molecule has 12 heteroatoms. The van der Waals surface area contributed by atoms with Crippen molar-refractivity contribution in [2.75, 3.05) is 29.1 Å². The van der Waals surface area contributed by atoms with E-state index in [1.165, 1.54) is 18.2 Å². The molecule has 0 aliphatic carbocycles. The first kappa shape index (κ1) is 22.4. The number of morpholine rings is 1. The van der Waals surface area contributed by atoms with Crippen LogP contribution in [0.25, 0.3) is 10.8 Å². The first-order chi connectivity index (χ1) is 15.6. The van der Waals surface area contributed by atoms with Crippen molar-refractivity contribution in [3.8, 4) is 5.75 Å². The van der Waals surface area contributed by atoms with Gasteiger partial charge in [-0.05, 0) is 30.3 Å².